The lowest BCUT2D eigenvalue weighted by Crippen LogP contribution is -2.52. The molecule has 31 heavy (non-hydrogen) atoms. The Bertz CT molecular complexity index is 1060. The van der Waals surface area contributed by atoms with E-state index >= 15 is 0 Å². The van der Waals surface area contributed by atoms with Crippen molar-refractivity contribution >= 4 is 60.5 Å². The average Bonchev–Trinajstić information content (AvgIpc) is 3.22. The molecule has 10 heteroatoms. The Kier molecular flexibility index (Phi) is 6.98. The molecule has 0 atom stereocenters. The normalized spacial score (nSPS) is 19.1. The number of benzene rings is 1. The van der Waals surface area contributed by atoms with E-state index in [1.807, 2.05) is 23.1 Å². The summed E-state index contributed by atoms with van der Waals surface area (Å²) in [7, 11) is -3.48. The molecule has 0 unspecified atom stereocenters. The van der Waals surface area contributed by atoms with Gasteiger partial charge in [-0.3, -0.25) is 4.79 Å². The molecule has 1 aromatic carbocycles. The van der Waals surface area contributed by atoms with E-state index in [0.717, 1.165) is 27.6 Å². The predicted molar refractivity (Wildman–Crippen MR) is 128 cm³/mol. The number of sulfonamides is 1. The molecule has 2 aliphatic rings. The van der Waals surface area contributed by atoms with Crippen LogP contribution in [0.2, 0.25) is 5.02 Å². The second-order valence-electron chi connectivity index (χ2n) is 7.98. The number of piperazine rings is 1. The molecule has 1 aromatic heterocycles. The van der Waals surface area contributed by atoms with Gasteiger partial charge in [-0.1, -0.05) is 17.7 Å². The van der Waals surface area contributed by atoms with Gasteiger partial charge < -0.3 is 9.80 Å². The van der Waals surface area contributed by atoms with Crippen molar-refractivity contribution in [2.75, 3.05) is 44.2 Å². The topological polar surface area (TPSA) is 60.9 Å². The highest BCUT2D eigenvalue weighted by molar-refractivity contribution is 9.11. The SMILES string of the molecule is Cc1ccc(Cl)cc1N1CCN(C(=O)C2CCN(S(=O)(=O)c3ccc(Br)s3)CC2)CC1. The fourth-order valence-electron chi connectivity index (χ4n) is 4.26. The van der Waals surface area contributed by atoms with Crippen LogP contribution in [-0.4, -0.2) is 62.8 Å². The third-order valence-electron chi connectivity index (χ3n) is 6.05. The molecule has 1 amide bonds. The van der Waals surface area contributed by atoms with E-state index in [2.05, 4.69) is 27.8 Å². The Morgan fingerprint density at radius 2 is 1.74 bits per heavy atom. The first kappa shape index (κ1) is 23.0. The number of carbonyl (C=O) groups is 1. The molecule has 2 aliphatic heterocycles. The van der Waals surface area contributed by atoms with E-state index in [1.54, 1.807) is 12.1 Å². The Morgan fingerprint density at radius 1 is 1.06 bits per heavy atom. The summed E-state index contributed by atoms with van der Waals surface area (Å²) in [6.07, 6.45) is 1.14. The lowest BCUT2D eigenvalue weighted by molar-refractivity contribution is -0.137. The zero-order chi connectivity index (χ0) is 22.2. The molecule has 2 saturated heterocycles. The van der Waals surface area contributed by atoms with Crippen LogP contribution in [-0.2, 0) is 14.8 Å². The van der Waals surface area contributed by atoms with Crippen LogP contribution >= 0.6 is 38.9 Å². The highest BCUT2D eigenvalue weighted by atomic mass is 79.9. The Labute approximate surface area is 201 Å². The van der Waals surface area contributed by atoms with Gasteiger partial charge in [0.1, 0.15) is 4.21 Å². The van der Waals surface area contributed by atoms with Crippen molar-refractivity contribution in [2.45, 2.75) is 24.0 Å². The summed E-state index contributed by atoms with van der Waals surface area (Å²) >= 11 is 10.7. The van der Waals surface area contributed by atoms with Gasteiger partial charge in [0.2, 0.25) is 5.91 Å². The molecular weight excluding hydrogens is 522 g/mol. The van der Waals surface area contributed by atoms with Crippen LogP contribution < -0.4 is 4.90 Å². The number of halogens is 2. The van der Waals surface area contributed by atoms with Crippen molar-refractivity contribution in [1.29, 1.82) is 0 Å². The van der Waals surface area contributed by atoms with Crippen LogP contribution in [0.3, 0.4) is 0 Å². The smallest absolute Gasteiger partial charge is 0.252 e. The molecule has 0 saturated carbocycles. The van der Waals surface area contributed by atoms with Crippen LogP contribution in [0.15, 0.2) is 38.3 Å². The molecule has 4 rings (SSSR count). The number of anilines is 1. The van der Waals surface area contributed by atoms with Gasteiger partial charge in [0, 0.05) is 55.9 Å². The molecule has 168 valence electrons. The van der Waals surface area contributed by atoms with Gasteiger partial charge in [0.15, 0.2) is 0 Å². The Morgan fingerprint density at radius 3 is 2.35 bits per heavy atom. The maximum Gasteiger partial charge on any atom is 0.252 e. The molecule has 0 N–H and O–H groups in total. The summed E-state index contributed by atoms with van der Waals surface area (Å²) in [4.78, 5) is 17.3. The van der Waals surface area contributed by atoms with Crippen molar-refractivity contribution < 1.29 is 13.2 Å². The van der Waals surface area contributed by atoms with Crippen LogP contribution in [0.25, 0.3) is 0 Å². The Hall–Kier alpha value is -1.13. The van der Waals surface area contributed by atoms with E-state index in [-0.39, 0.29) is 11.8 Å². The highest BCUT2D eigenvalue weighted by Crippen LogP contribution is 2.31. The maximum absolute atomic E-state index is 13.1. The summed E-state index contributed by atoms with van der Waals surface area (Å²) in [6.45, 7) is 5.73. The minimum atomic E-state index is -3.48. The second kappa shape index (κ2) is 9.39. The number of thiophene rings is 1. The number of piperidine rings is 1. The largest absolute Gasteiger partial charge is 0.368 e. The van der Waals surface area contributed by atoms with E-state index < -0.39 is 10.0 Å². The second-order valence-corrected chi connectivity index (χ2v) is 13.0. The molecular formula is C21H25BrClN3O3S2. The zero-order valence-corrected chi connectivity index (χ0v) is 21.2. The lowest BCUT2D eigenvalue weighted by Gasteiger charge is -2.39. The predicted octanol–water partition coefficient (Wildman–Crippen LogP) is 4.22. The summed E-state index contributed by atoms with van der Waals surface area (Å²) in [5, 5.41) is 0.718. The summed E-state index contributed by atoms with van der Waals surface area (Å²) < 4.78 is 28.3. The van der Waals surface area contributed by atoms with E-state index in [4.69, 9.17) is 11.6 Å². The quantitative estimate of drug-likeness (QED) is 0.576. The number of hydrogen-bond acceptors (Lipinski definition) is 5. The van der Waals surface area contributed by atoms with Gasteiger partial charge in [0.25, 0.3) is 10.0 Å². The van der Waals surface area contributed by atoms with Crippen LogP contribution in [0.1, 0.15) is 18.4 Å². The minimum Gasteiger partial charge on any atom is -0.368 e. The first-order valence-corrected chi connectivity index (χ1v) is 13.7. The average molecular weight is 547 g/mol. The van der Waals surface area contributed by atoms with Gasteiger partial charge in [-0.2, -0.15) is 4.31 Å². The van der Waals surface area contributed by atoms with Crippen molar-refractivity contribution in [3.8, 4) is 0 Å². The summed E-state index contributed by atoms with van der Waals surface area (Å²) in [5.74, 6) is 0.0411. The molecule has 0 radical (unpaired) electrons. The standard InChI is InChI=1S/C21H25BrClN3O3S2/c1-15-2-3-17(23)14-18(15)24-10-12-25(13-11-24)21(27)16-6-8-26(9-7-16)31(28,29)20-5-4-19(22)30-20/h2-5,14,16H,6-13H2,1H3. The number of amides is 1. The minimum absolute atomic E-state index is 0.110. The highest BCUT2D eigenvalue weighted by Gasteiger charge is 2.35. The maximum atomic E-state index is 13.1. The monoisotopic (exact) mass is 545 g/mol. The Balaban J connectivity index is 1.32. The first-order valence-electron chi connectivity index (χ1n) is 10.3. The van der Waals surface area contributed by atoms with Crippen molar-refractivity contribution in [3.05, 3.63) is 44.7 Å². The fraction of sp³-hybridized carbons (Fsp3) is 0.476. The van der Waals surface area contributed by atoms with Gasteiger partial charge in [0.05, 0.1) is 3.79 Å². The lowest BCUT2D eigenvalue weighted by atomic mass is 9.96. The number of aryl methyl sites for hydroxylation is 1. The summed E-state index contributed by atoms with van der Waals surface area (Å²) in [6, 6.07) is 9.27. The van der Waals surface area contributed by atoms with Gasteiger partial charge >= 0.3 is 0 Å². The zero-order valence-electron chi connectivity index (χ0n) is 17.3. The third-order valence-corrected chi connectivity index (χ3v) is 10.3. The van der Waals surface area contributed by atoms with Crippen molar-refractivity contribution in [1.82, 2.24) is 9.21 Å². The van der Waals surface area contributed by atoms with Gasteiger partial charge in [-0.25, -0.2) is 8.42 Å². The van der Waals surface area contributed by atoms with E-state index in [1.165, 1.54) is 21.2 Å². The molecule has 2 aromatic rings. The molecule has 2 fully saturated rings. The molecule has 3 heterocycles. The molecule has 0 bridgehead atoms. The van der Waals surface area contributed by atoms with Crippen molar-refractivity contribution in [2.24, 2.45) is 5.92 Å². The number of nitrogens with zero attached hydrogens (tertiary/aromatic N) is 3. The van der Waals surface area contributed by atoms with Crippen LogP contribution in [0.5, 0.6) is 0 Å². The van der Waals surface area contributed by atoms with E-state index in [0.29, 0.717) is 43.2 Å². The van der Waals surface area contributed by atoms with Crippen LogP contribution in [0.4, 0.5) is 5.69 Å². The molecule has 6 nitrogen and oxygen atoms in total. The first-order chi connectivity index (χ1) is 14.8. The van der Waals surface area contributed by atoms with Gasteiger partial charge in [-0.05, 0) is 65.5 Å². The number of carbonyl (C=O) groups excluding carboxylic acids is 1. The fourth-order valence-corrected chi connectivity index (χ4v) is 8.06. The molecule has 0 spiro atoms. The number of hydrogen-bond donors (Lipinski definition) is 0. The van der Waals surface area contributed by atoms with E-state index in [9.17, 15) is 13.2 Å². The van der Waals surface area contributed by atoms with Gasteiger partial charge in [-0.15, -0.1) is 11.3 Å². The van der Waals surface area contributed by atoms with Crippen molar-refractivity contribution in [3.63, 3.8) is 0 Å². The third kappa shape index (κ3) is 4.95. The molecule has 0 aliphatic carbocycles. The summed E-state index contributed by atoms with van der Waals surface area (Å²) in [5.41, 5.74) is 2.30. The number of rotatable bonds is 4. The van der Waals surface area contributed by atoms with Crippen LogP contribution in [0, 0.1) is 12.8 Å².